The van der Waals surface area contributed by atoms with E-state index < -0.39 is 17.6 Å². The van der Waals surface area contributed by atoms with E-state index in [1.807, 2.05) is 29.3 Å². The van der Waals surface area contributed by atoms with E-state index >= 15 is 0 Å². The number of amides is 2. The molecule has 10 heteroatoms. The van der Waals surface area contributed by atoms with Crippen molar-refractivity contribution >= 4 is 23.7 Å². The lowest BCUT2D eigenvalue weighted by molar-refractivity contribution is -0.136. The summed E-state index contributed by atoms with van der Waals surface area (Å²) in [6.07, 6.45) is 9.40. The number of allylic oxidation sites excluding steroid dienone is 2. The SMILES string of the molecule is COc1ccc(/C=N/NC(=O)C(=O)Nc2ccc(F)cc2)cc1CN1N=NC2C=CC=CC21. The van der Waals surface area contributed by atoms with Gasteiger partial charge in [-0.15, -0.1) is 0 Å². The van der Waals surface area contributed by atoms with Crippen LogP contribution in [0.25, 0.3) is 0 Å². The highest BCUT2D eigenvalue weighted by Crippen LogP contribution is 2.28. The van der Waals surface area contributed by atoms with Gasteiger partial charge in [-0.05, 0) is 48.0 Å². The van der Waals surface area contributed by atoms with Crippen LogP contribution in [-0.4, -0.2) is 42.2 Å². The molecule has 9 nitrogen and oxygen atoms in total. The van der Waals surface area contributed by atoms with Crippen molar-refractivity contribution in [3.63, 3.8) is 0 Å². The Hall–Kier alpha value is -4.34. The first-order chi connectivity index (χ1) is 16.0. The molecule has 33 heavy (non-hydrogen) atoms. The minimum atomic E-state index is -0.954. The quantitative estimate of drug-likeness (QED) is 0.402. The third-order valence-electron chi connectivity index (χ3n) is 5.05. The number of methoxy groups -OCH3 is 1. The molecule has 1 heterocycles. The van der Waals surface area contributed by atoms with Crippen LogP contribution in [0.5, 0.6) is 5.75 Å². The second-order valence-corrected chi connectivity index (χ2v) is 7.28. The van der Waals surface area contributed by atoms with Gasteiger partial charge in [-0.3, -0.25) is 14.6 Å². The van der Waals surface area contributed by atoms with Gasteiger partial charge in [0.2, 0.25) is 0 Å². The number of fused-ring (bicyclic) bond motifs is 1. The maximum Gasteiger partial charge on any atom is 0.329 e. The number of halogens is 1. The molecule has 0 aromatic heterocycles. The van der Waals surface area contributed by atoms with Crippen molar-refractivity contribution in [2.24, 2.45) is 15.4 Å². The molecule has 0 saturated heterocycles. The highest BCUT2D eigenvalue weighted by molar-refractivity contribution is 6.39. The zero-order chi connectivity index (χ0) is 23.2. The second kappa shape index (κ2) is 9.86. The highest BCUT2D eigenvalue weighted by atomic mass is 19.1. The number of nitrogens with zero attached hydrogens (tertiary/aromatic N) is 4. The largest absolute Gasteiger partial charge is 0.496 e. The van der Waals surface area contributed by atoms with E-state index in [-0.39, 0.29) is 12.1 Å². The number of nitrogens with one attached hydrogen (secondary N) is 2. The van der Waals surface area contributed by atoms with Crippen molar-refractivity contribution in [3.05, 3.63) is 83.7 Å². The molecule has 168 valence electrons. The van der Waals surface area contributed by atoms with Gasteiger partial charge in [-0.2, -0.15) is 10.2 Å². The summed E-state index contributed by atoms with van der Waals surface area (Å²) in [6, 6.07) is 10.5. The molecule has 0 spiro atoms. The van der Waals surface area contributed by atoms with Gasteiger partial charge < -0.3 is 10.1 Å². The Morgan fingerprint density at radius 1 is 1.15 bits per heavy atom. The summed E-state index contributed by atoms with van der Waals surface area (Å²) >= 11 is 0. The van der Waals surface area contributed by atoms with Crippen LogP contribution in [0.1, 0.15) is 11.1 Å². The van der Waals surface area contributed by atoms with Crippen molar-refractivity contribution in [2.75, 3.05) is 12.4 Å². The molecular weight excluding hydrogens is 427 g/mol. The van der Waals surface area contributed by atoms with Crippen LogP contribution in [0.4, 0.5) is 10.1 Å². The van der Waals surface area contributed by atoms with Gasteiger partial charge in [0.15, 0.2) is 0 Å². The van der Waals surface area contributed by atoms with E-state index in [4.69, 9.17) is 4.74 Å². The maximum absolute atomic E-state index is 12.9. The fourth-order valence-electron chi connectivity index (χ4n) is 3.40. The summed E-state index contributed by atoms with van der Waals surface area (Å²) in [5.74, 6) is -1.63. The van der Waals surface area contributed by atoms with Crippen molar-refractivity contribution in [1.82, 2.24) is 10.4 Å². The second-order valence-electron chi connectivity index (χ2n) is 7.28. The van der Waals surface area contributed by atoms with Crippen LogP contribution in [0.2, 0.25) is 0 Å². The minimum absolute atomic E-state index is 0.00186. The average Bonchev–Trinajstić information content (AvgIpc) is 3.23. The predicted molar refractivity (Wildman–Crippen MR) is 120 cm³/mol. The molecule has 0 bridgehead atoms. The Kier molecular flexibility index (Phi) is 6.53. The first kappa shape index (κ1) is 21.9. The molecule has 2 aliphatic rings. The number of ether oxygens (including phenoxy) is 1. The number of benzene rings is 2. The zero-order valence-electron chi connectivity index (χ0n) is 17.7. The molecule has 2 aromatic carbocycles. The van der Waals surface area contributed by atoms with E-state index in [9.17, 15) is 14.0 Å². The van der Waals surface area contributed by atoms with Crippen LogP contribution >= 0.6 is 0 Å². The maximum atomic E-state index is 12.9. The lowest BCUT2D eigenvalue weighted by atomic mass is 10.0. The molecule has 1 aliphatic heterocycles. The zero-order valence-corrected chi connectivity index (χ0v) is 17.7. The summed E-state index contributed by atoms with van der Waals surface area (Å²) in [6.45, 7) is 0.472. The Bertz CT molecular complexity index is 1160. The molecule has 1 aliphatic carbocycles. The van der Waals surface area contributed by atoms with Crippen LogP contribution in [0, 0.1) is 5.82 Å². The van der Waals surface area contributed by atoms with Crippen LogP contribution in [0.15, 0.2) is 82.2 Å². The lowest BCUT2D eigenvalue weighted by Gasteiger charge is -2.24. The summed E-state index contributed by atoms with van der Waals surface area (Å²) in [7, 11) is 1.59. The predicted octanol–water partition coefficient (Wildman–Crippen LogP) is 2.97. The summed E-state index contributed by atoms with van der Waals surface area (Å²) in [5, 5.41) is 16.6. The Morgan fingerprint density at radius 2 is 1.94 bits per heavy atom. The molecular formula is C23H21FN6O3. The van der Waals surface area contributed by atoms with Gasteiger partial charge in [0.05, 0.1) is 25.9 Å². The molecule has 0 saturated carbocycles. The first-order valence-corrected chi connectivity index (χ1v) is 10.1. The van der Waals surface area contributed by atoms with Gasteiger partial charge in [0, 0.05) is 11.3 Å². The van der Waals surface area contributed by atoms with Crippen molar-refractivity contribution in [1.29, 1.82) is 0 Å². The van der Waals surface area contributed by atoms with Crippen LogP contribution < -0.4 is 15.5 Å². The third-order valence-corrected chi connectivity index (χ3v) is 5.05. The third kappa shape index (κ3) is 5.29. The number of rotatable bonds is 6. The molecule has 2 amide bonds. The standard InChI is InChI=1S/C23H21FN6O3/c1-33-21-11-6-15(12-16(21)14-30-20-5-3-2-4-19(20)27-29-30)13-25-28-23(32)22(31)26-18-9-7-17(24)8-10-18/h2-13,19-20H,14H2,1H3,(H,26,31)(H,28,32)/b25-13+. The topological polar surface area (TPSA) is 108 Å². The minimum Gasteiger partial charge on any atom is -0.496 e. The van der Waals surface area contributed by atoms with E-state index in [1.165, 1.54) is 30.5 Å². The molecule has 2 aromatic rings. The van der Waals surface area contributed by atoms with Gasteiger partial charge in [0.1, 0.15) is 17.6 Å². The van der Waals surface area contributed by atoms with E-state index in [0.29, 0.717) is 23.5 Å². The summed E-state index contributed by atoms with van der Waals surface area (Å²) in [5.41, 5.74) is 4.03. The number of anilines is 1. The summed E-state index contributed by atoms with van der Waals surface area (Å²) < 4.78 is 18.4. The Balaban J connectivity index is 1.37. The number of hydrogen-bond acceptors (Lipinski definition) is 7. The first-order valence-electron chi connectivity index (χ1n) is 10.1. The van der Waals surface area contributed by atoms with Crippen LogP contribution in [-0.2, 0) is 16.1 Å². The Labute approximate surface area is 189 Å². The average molecular weight is 448 g/mol. The number of hydrazone groups is 1. The van der Waals surface area contributed by atoms with Crippen LogP contribution in [0.3, 0.4) is 0 Å². The van der Waals surface area contributed by atoms with Gasteiger partial charge in [-0.1, -0.05) is 29.5 Å². The van der Waals surface area contributed by atoms with Crippen molar-refractivity contribution in [2.45, 2.75) is 18.6 Å². The molecule has 0 radical (unpaired) electrons. The molecule has 4 rings (SSSR count). The van der Waals surface area contributed by atoms with E-state index in [1.54, 1.807) is 19.2 Å². The fraction of sp³-hybridized carbons (Fsp3) is 0.174. The van der Waals surface area contributed by atoms with Gasteiger partial charge in [-0.25, -0.2) is 9.82 Å². The van der Waals surface area contributed by atoms with Crippen molar-refractivity contribution in [3.8, 4) is 5.75 Å². The smallest absolute Gasteiger partial charge is 0.329 e. The molecule has 2 atom stereocenters. The Morgan fingerprint density at radius 3 is 2.73 bits per heavy atom. The summed E-state index contributed by atoms with van der Waals surface area (Å²) in [4.78, 5) is 23.9. The fourth-order valence-corrected chi connectivity index (χ4v) is 3.40. The van der Waals surface area contributed by atoms with Gasteiger partial charge in [0.25, 0.3) is 0 Å². The number of carbonyl (C=O) groups is 2. The van der Waals surface area contributed by atoms with E-state index in [0.717, 1.165) is 5.56 Å². The van der Waals surface area contributed by atoms with E-state index in [2.05, 4.69) is 32.3 Å². The molecule has 2 N–H and O–H groups in total. The molecule has 2 unspecified atom stereocenters. The number of hydrogen-bond donors (Lipinski definition) is 2. The highest BCUT2D eigenvalue weighted by Gasteiger charge is 2.30. The van der Waals surface area contributed by atoms with Crippen molar-refractivity contribution < 1.29 is 18.7 Å². The number of carbonyl (C=O) groups excluding carboxylic acids is 2. The van der Waals surface area contributed by atoms with Gasteiger partial charge >= 0.3 is 11.8 Å². The monoisotopic (exact) mass is 448 g/mol. The molecule has 0 fully saturated rings. The lowest BCUT2D eigenvalue weighted by Crippen LogP contribution is -2.32. The normalized spacial score (nSPS) is 18.4.